The molecule has 0 aliphatic heterocycles. The molecule has 4 aromatic carbocycles. The molecule has 202 valence electrons. The number of benzene rings is 4. The molecule has 0 spiro atoms. The maximum absolute atomic E-state index is 15.0. The summed E-state index contributed by atoms with van der Waals surface area (Å²) in [4.78, 5) is 14.1. The number of carbonyl (C=O) groups is 1. The van der Waals surface area contributed by atoms with Gasteiger partial charge in [-0.05, 0) is 65.1 Å². The van der Waals surface area contributed by atoms with Crippen molar-refractivity contribution >= 4 is 5.97 Å². The molecule has 2 unspecified atom stereocenters. The zero-order chi connectivity index (χ0) is 28.0. The topological polar surface area (TPSA) is 49.8 Å². The van der Waals surface area contributed by atoms with Crippen LogP contribution in [0.2, 0.25) is 0 Å². The number of nitrogens with zero attached hydrogens (tertiary/aromatic N) is 1. The summed E-state index contributed by atoms with van der Waals surface area (Å²) in [6.07, 6.45) is -5.19. The molecule has 4 nitrogen and oxygen atoms in total. The quantitative estimate of drug-likeness (QED) is 0.207. The lowest BCUT2D eigenvalue weighted by Gasteiger charge is -2.37. The van der Waals surface area contributed by atoms with E-state index in [4.69, 9.17) is 0 Å². The number of hydrogen-bond donors (Lipinski definition) is 1. The van der Waals surface area contributed by atoms with Crippen molar-refractivity contribution in [2.45, 2.75) is 38.3 Å². The van der Waals surface area contributed by atoms with Gasteiger partial charge in [0.1, 0.15) is 11.6 Å². The number of alkyl halides is 3. The van der Waals surface area contributed by atoms with E-state index in [2.05, 4.69) is 4.74 Å². The molecule has 0 saturated heterocycles. The van der Waals surface area contributed by atoms with E-state index in [1.165, 1.54) is 24.3 Å². The average Bonchev–Trinajstić information content (AvgIpc) is 2.90. The van der Waals surface area contributed by atoms with Gasteiger partial charge < -0.3 is 9.84 Å². The molecule has 4 rings (SSSR count). The van der Waals surface area contributed by atoms with Crippen LogP contribution in [0.1, 0.15) is 42.1 Å². The highest BCUT2D eigenvalue weighted by atomic mass is 19.4. The second-order valence-corrected chi connectivity index (χ2v) is 9.21. The number of carboxylic acid groups (broad SMARTS) is 1. The predicted molar refractivity (Wildman–Crippen MR) is 140 cm³/mol. The monoisotopic (exact) mass is 537 g/mol. The SMILES string of the molecule is CC(c1ccccc1)N(Cc1ccccc1)C(CC(=O)O)c1cc(F)cc(-c2cccc(OC(F)(F)F)c2)c1. The molecular formula is C31H27F4NO3. The van der Waals surface area contributed by atoms with Crippen LogP contribution >= 0.6 is 0 Å². The highest BCUT2D eigenvalue weighted by Gasteiger charge is 2.31. The first kappa shape index (κ1) is 27.9. The van der Waals surface area contributed by atoms with E-state index in [-0.39, 0.29) is 12.5 Å². The number of ether oxygens (including phenoxy) is 1. The smallest absolute Gasteiger partial charge is 0.481 e. The fourth-order valence-corrected chi connectivity index (χ4v) is 4.67. The normalized spacial score (nSPS) is 13.2. The Bertz CT molecular complexity index is 1390. The number of aliphatic carboxylic acids is 1. The van der Waals surface area contributed by atoms with Gasteiger partial charge in [0.2, 0.25) is 0 Å². The second kappa shape index (κ2) is 12.1. The minimum Gasteiger partial charge on any atom is -0.481 e. The number of hydrogen-bond acceptors (Lipinski definition) is 3. The lowest BCUT2D eigenvalue weighted by Crippen LogP contribution is -2.33. The Hall–Kier alpha value is -4.17. The highest BCUT2D eigenvalue weighted by molar-refractivity contribution is 5.69. The van der Waals surface area contributed by atoms with Crippen LogP contribution in [-0.2, 0) is 11.3 Å². The van der Waals surface area contributed by atoms with Crippen molar-refractivity contribution in [3.63, 3.8) is 0 Å². The molecule has 39 heavy (non-hydrogen) atoms. The summed E-state index contributed by atoms with van der Waals surface area (Å²) < 4.78 is 57.4. The first-order valence-corrected chi connectivity index (χ1v) is 12.3. The number of halogens is 4. The van der Waals surface area contributed by atoms with Crippen LogP contribution in [0.3, 0.4) is 0 Å². The molecule has 0 aliphatic rings. The molecule has 4 aromatic rings. The van der Waals surface area contributed by atoms with Crippen LogP contribution in [0.4, 0.5) is 17.6 Å². The molecule has 0 amide bonds. The van der Waals surface area contributed by atoms with Gasteiger partial charge in [-0.25, -0.2) is 4.39 Å². The Kier molecular flexibility index (Phi) is 8.66. The van der Waals surface area contributed by atoms with Gasteiger partial charge in [-0.3, -0.25) is 9.69 Å². The van der Waals surface area contributed by atoms with Crippen LogP contribution in [0.5, 0.6) is 5.75 Å². The number of carboxylic acids is 1. The molecule has 8 heteroatoms. The Morgan fingerprint density at radius 2 is 1.51 bits per heavy atom. The van der Waals surface area contributed by atoms with Gasteiger partial charge in [-0.2, -0.15) is 0 Å². The van der Waals surface area contributed by atoms with Gasteiger partial charge in [0.25, 0.3) is 0 Å². The Balaban J connectivity index is 1.79. The van der Waals surface area contributed by atoms with E-state index in [1.807, 2.05) is 72.5 Å². The van der Waals surface area contributed by atoms with E-state index in [0.29, 0.717) is 23.2 Å². The second-order valence-electron chi connectivity index (χ2n) is 9.21. The van der Waals surface area contributed by atoms with Crippen molar-refractivity contribution in [3.8, 4) is 16.9 Å². The standard InChI is InChI=1S/C31H27F4NO3/c1-21(23-11-6-3-7-12-23)36(20-22-9-4-2-5-10-22)29(19-30(37)38)26-15-25(16-27(32)17-26)24-13-8-14-28(18-24)39-31(33,34)35/h2-18,21,29H,19-20H2,1H3,(H,37,38). The lowest BCUT2D eigenvalue weighted by atomic mass is 9.93. The molecule has 0 radical (unpaired) electrons. The van der Waals surface area contributed by atoms with Crippen molar-refractivity contribution in [1.29, 1.82) is 0 Å². The summed E-state index contributed by atoms with van der Waals surface area (Å²) in [6, 6.07) is 27.5. The fraction of sp³-hybridized carbons (Fsp3) is 0.194. The van der Waals surface area contributed by atoms with Crippen LogP contribution in [0.15, 0.2) is 103 Å². The van der Waals surface area contributed by atoms with Crippen molar-refractivity contribution in [1.82, 2.24) is 4.90 Å². The zero-order valence-electron chi connectivity index (χ0n) is 21.1. The third-order valence-corrected chi connectivity index (χ3v) is 6.46. The Morgan fingerprint density at radius 1 is 0.846 bits per heavy atom. The van der Waals surface area contributed by atoms with Crippen molar-refractivity contribution in [2.24, 2.45) is 0 Å². The molecule has 1 N–H and O–H groups in total. The summed E-state index contributed by atoms with van der Waals surface area (Å²) in [5, 5.41) is 9.87. The molecule has 0 aliphatic carbocycles. The van der Waals surface area contributed by atoms with Gasteiger partial charge in [0.15, 0.2) is 0 Å². The third kappa shape index (κ3) is 7.67. The van der Waals surface area contributed by atoms with Crippen molar-refractivity contribution < 1.29 is 32.2 Å². The third-order valence-electron chi connectivity index (χ3n) is 6.46. The molecule has 0 aromatic heterocycles. The highest BCUT2D eigenvalue weighted by Crippen LogP contribution is 2.37. The Morgan fingerprint density at radius 3 is 2.15 bits per heavy atom. The molecular weight excluding hydrogens is 510 g/mol. The van der Waals surface area contributed by atoms with Gasteiger partial charge >= 0.3 is 12.3 Å². The maximum Gasteiger partial charge on any atom is 0.573 e. The van der Waals surface area contributed by atoms with E-state index >= 15 is 4.39 Å². The average molecular weight is 538 g/mol. The molecule has 0 saturated carbocycles. The minimum absolute atomic E-state index is 0.244. The van der Waals surface area contributed by atoms with Crippen LogP contribution in [-0.4, -0.2) is 22.3 Å². The molecule has 2 atom stereocenters. The first-order valence-electron chi connectivity index (χ1n) is 12.3. The summed E-state index contributed by atoms with van der Waals surface area (Å²) >= 11 is 0. The summed E-state index contributed by atoms with van der Waals surface area (Å²) in [5.41, 5.74) is 2.91. The first-order chi connectivity index (χ1) is 18.6. The van der Waals surface area contributed by atoms with Gasteiger partial charge in [0, 0.05) is 18.6 Å². The van der Waals surface area contributed by atoms with Crippen LogP contribution in [0.25, 0.3) is 11.1 Å². The lowest BCUT2D eigenvalue weighted by molar-refractivity contribution is -0.274. The molecule has 0 heterocycles. The van der Waals surface area contributed by atoms with E-state index < -0.39 is 29.9 Å². The minimum atomic E-state index is -4.87. The summed E-state index contributed by atoms with van der Waals surface area (Å²) in [6.45, 7) is 2.35. The largest absolute Gasteiger partial charge is 0.573 e. The maximum atomic E-state index is 15.0. The van der Waals surface area contributed by atoms with Crippen LogP contribution in [0, 0.1) is 5.82 Å². The summed E-state index contributed by atoms with van der Waals surface area (Å²) in [5.74, 6) is -2.13. The van der Waals surface area contributed by atoms with Crippen molar-refractivity contribution in [3.05, 3.63) is 126 Å². The predicted octanol–water partition coefficient (Wildman–Crippen LogP) is 8.17. The number of rotatable bonds is 10. The van der Waals surface area contributed by atoms with E-state index in [0.717, 1.165) is 17.2 Å². The molecule has 0 fully saturated rings. The van der Waals surface area contributed by atoms with Gasteiger partial charge in [0.05, 0.1) is 6.42 Å². The van der Waals surface area contributed by atoms with Gasteiger partial charge in [-0.1, -0.05) is 72.8 Å². The zero-order valence-corrected chi connectivity index (χ0v) is 21.1. The molecule has 0 bridgehead atoms. The van der Waals surface area contributed by atoms with Crippen LogP contribution < -0.4 is 4.74 Å². The van der Waals surface area contributed by atoms with Crippen molar-refractivity contribution in [2.75, 3.05) is 0 Å². The van der Waals surface area contributed by atoms with E-state index in [9.17, 15) is 23.1 Å². The van der Waals surface area contributed by atoms with E-state index in [1.54, 1.807) is 12.1 Å². The Labute approximate surface area is 224 Å². The fourth-order valence-electron chi connectivity index (χ4n) is 4.67. The van der Waals surface area contributed by atoms with Gasteiger partial charge in [-0.15, -0.1) is 13.2 Å². The summed E-state index contributed by atoms with van der Waals surface area (Å²) in [7, 11) is 0.